The van der Waals surface area contributed by atoms with Crippen molar-refractivity contribution in [2.45, 2.75) is 29.1 Å². The van der Waals surface area contributed by atoms with Gasteiger partial charge in [-0.1, -0.05) is 47.2 Å². The van der Waals surface area contributed by atoms with Crippen LogP contribution in [0.25, 0.3) is 0 Å². The number of halogens is 1. The molecule has 0 spiro atoms. The number of rotatable bonds is 5. The normalized spacial score (nSPS) is 13.7. The predicted molar refractivity (Wildman–Crippen MR) is 74.5 cm³/mol. The molecular formula is C11H16INO2S. The average molecular weight is 353 g/mol. The van der Waals surface area contributed by atoms with Crippen molar-refractivity contribution in [1.82, 2.24) is 4.72 Å². The van der Waals surface area contributed by atoms with E-state index in [1.807, 2.05) is 13.8 Å². The predicted octanol–water partition coefficient (Wildman–Crippen LogP) is 2.49. The number of sulfonamides is 1. The first-order valence-electron chi connectivity index (χ1n) is 5.16. The van der Waals surface area contributed by atoms with Crippen LogP contribution in [0.1, 0.15) is 18.9 Å². The molecule has 0 aliphatic heterocycles. The molecule has 0 fully saturated rings. The maximum atomic E-state index is 11.8. The third-order valence-corrected chi connectivity index (χ3v) is 5.03. The molecule has 0 saturated carbocycles. The Kier molecular flexibility index (Phi) is 5.20. The van der Waals surface area contributed by atoms with Crippen LogP contribution in [-0.4, -0.2) is 18.9 Å². The summed E-state index contributed by atoms with van der Waals surface area (Å²) in [5.74, 6) is 0. The Labute approximate surface area is 111 Å². The molecule has 16 heavy (non-hydrogen) atoms. The zero-order chi connectivity index (χ0) is 12.2. The van der Waals surface area contributed by atoms with E-state index in [1.54, 1.807) is 24.3 Å². The van der Waals surface area contributed by atoms with Crippen LogP contribution in [0.15, 0.2) is 29.2 Å². The van der Waals surface area contributed by atoms with Gasteiger partial charge in [0.15, 0.2) is 0 Å². The van der Waals surface area contributed by atoms with Gasteiger partial charge in [-0.25, -0.2) is 13.1 Å². The van der Waals surface area contributed by atoms with Crippen molar-refractivity contribution in [3.05, 3.63) is 29.8 Å². The van der Waals surface area contributed by atoms with Gasteiger partial charge in [0.1, 0.15) is 0 Å². The van der Waals surface area contributed by atoms with E-state index in [0.29, 0.717) is 15.4 Å². The van der Waals surface area contributed by atoms with Crippen LogP contribution >= 0.6 is 22.6 Å². The second kappa shape index (κ2) is 5.97. The van der Waals surface area contributed by atoms with Crippen LogP contribution < -0.4 is 4.72 Å². The zero-order valence-electron chi connectivity index (χ0n) is 9.40. The number of nitrogens with one attached hydrogen (secondary N) is 1. The fraction of sp³-hybridized carbons (Fsp3) is 0.455. The summed E-state index contributed by atoms with van der Waals surface area (Å²) in [6, 6.07) is 6.86. The minimum Gasteiger partial charge on any atom is -0.210 e. The lowest BCUT2D eigenvalue weighted by molar-refractivity contribution is 0.580. The van der Waals surface area contributed by atoms with Gasteiger partial charge < -0.3 is 0 Å². The van der Waals surface area contributed by atoms with Crippen LogP contribution in [0.5, 0.6) is 0 Å². The van der Waals surface area contributed by atoms with Crippen LogP contribution in [0.3, 0.4) is 0 Å². The summed E-state index contributed by atoms with van der Waals surface area (Å²) in [4.78, 5) is 0.331. The molecule has 0 aliphatic carbocycles. The summed E-state index contributed by atoms with van der Waals surface area (Å²) >= 11 is 2.24. The summed E-state index contributed by atoms with van der Waals surface area (Å²) in [5, 5.41) is 0. The lowest BCUT2D eigenvalue weighted by atomic mass is 10.2. The summed E-state index contributed by atoms with van der Waals surface area (Å²) in [7, 11) is -3.34. The largest absolute Gasteiger partial charge is 0.240 e. The lowest BCUT2D eigenvalue weighted by Crippen LogP contribution is -2.29. The van der Waals surface area contributed by atoms with Gasteiger partial charge >= 0.3 is 0 Å². The minimum atomic E-state index is -3.34. The molecule has 1 rings (SSSR count). The maximum absolute atomic E-state index is 11.8. The van der Waals surface area contributed by atoms with Crippen molar-refractivity contribution in [1.29, 1.82) is 0 Å². The second-order valence-electron chi connectivity index (χ2n) is 3.67. The molecule has 1 aromatic rings. The van der Waals surface area contributed by atoms with E-state index >= 15 is 0 Å². The molecule has 1 atom stereocenters. The topological polar surface area (TPSA) is 46.2 Å². The molecule has 0 radical (unpaired) electrons. The Balaban J connectivity index is 2.74. The van der Waals surface area contributed by atoms with Crippen molar-refractivity contribution >= 4 is 32.6 Å². The molecule has 0 saturated heterocycles. The van der Waals surface area contributed by atoms with E-state index in [9.17, 15) is 8.42 Å². The zero-order valence-corrected chi connectivity index (χ0v) is 12.4. The first-order chi connectivity index (χ1) is 7.45. The highest BCUT2D eigenvalue weighted by Gasteiger charge is 2.14. The smallest absolute Gasteiger partial charge is 0.210 e. The van der Waals surface area contributed by atoms with E-state index < -0.39 is 10.0 Å². The van der Waals surface area contributed by atoms with Crippen molar-refractivity contribution in [3.63, 3.8) is 0 Å². The van der Waals surface area contributed by atoms with E-state index in [-0.39, 0.29) is 0 Å². The molecule has 5 heteroatoms. The van der Waals surface area contributed by atoms with Gasteiger partial charge in [-0.2, -0.15) is 0 Å². The molecule has 0 bridgehead atoms. The van der Waals surface area contributed by atoms with E-state index in [1.165, 1.54) is 0 Å². The fourth-order valence-corrected chi connectivity index (χ4v) is 2.75. The lowest BCUT2D eigenvalue weighted by Gasteiger charge is -2.09. The Morgan fingerprint density at radius 3 is 2.38 bits per heavy atom. The molecule has 1 N–H and O–H groups in total. The first kappa shape index (κ1) is 13.9. The minimum absolute atomic E-state index is 0.331. The summed E-state index contributed by atoms with van der Waals surface area (Å²) < 4.78 is 26.6. The van der Waals surface area contributed by atoms with Crippen molar-refractivity contribution < 1.29 is 8.42 Å². The third-order valence-electron chi connectivity index (χ3n) is 2.27. The maximum Gasteiger partial charge on any atom is 0.240 e. The van der Waals surface area contributed by atoms with Crippen LogP contribution in [0, 0.1) is 6.92 Å². The molecular weight excluding hydrogens is 337 g/mol. The highest BCUT2D eigenvalue weighted by atomic mass is 127. The van der Waals surface area contributed by atoms with Crippen molar-refractivity contribution in [3.8, 4) is 0 Å². The highest BCUT2D eigenvalue weighted by Crippen LogP contribution is 2.11. The van der Waals surface area contributed by atoms with Gasteiger partial charge in [0.25, 0.3) is 0 Å². The Morgan fingerprint density at radius 1 is 1.31 bits per heavy atom. The van der Waals surface area contributed by atoms with Gasteiger partial charge in [0.05, 0.1) is 4.90 Å². The third kappa shape index (κ3) is 4.03. The van der Waals surface area contributed by atoms with Crippen LogP contribution in [-0.2, 0) is 10.0 Å². The summed E-state index contributed by atoms with van der Waals surface area (Å²) in [5.41, 5.74) is 1.05. The van der Waals surface area contributed by atoms with E-state index in [4.69, 9.17) is 0 Å². The van der Waals surface area contributed by atoms with Gasteiger partial charge in [-0.15, -0.1) is 0 Å². The molecule has 90 valence electrons. The number of aryl methyl sites for hydroxylation is 1. The molecule has 3 nitrogen and oxygen atoms in total. The van der Waals surface area contributed by atoms with Crippen LogP contribution in [0.4, 0.5) is 0 Å². The van der Waals surface area contributed by atoms with E-state index in [0.717, 1.165) is 12.0 Å². The number of alkyl halides is 1. The van der Waals surface area contributed by atoms with Crippen molar-refractivity contribution in [2.75, 3.05) is 6.54 Å². The van der Waals surface area contributed by atoms with Gasteiger partial charge in [-0.3, -0.25) is 0 Å². The van der Waals surface area contributed by atoms with Gasteiger partial charge in [0, 0.05) is 10.5 Å². The molecule has 1 unspecified atom stereocenters. The summed E-state index contributed by atoms with van der Waals surface area (Å²) in [6.45, 7) is 4.45. The Morgan fingerprint density at radius 2 is 1.88 bits per heavy atom. The Hall–Kier alpha value is -0.140. The molecule has 0 aromatic heterocycles. The highest BCUT2D eigenvalue weighted by molar-refractivity contribution is 14.1. The molecule has 0 heterocycles. The fourth-order valence-electron chi connectivity index (χ4n) is 1.15. The SMILES string of the molecule is CCC(I)CNS(=O)(=O)c1ccc(C)cc1. The van der Waals surface area contributed by atoms with Gasteiger partial charge in [0.2, 0.25) is 10.0 Å². The average Bonchev–Trinajstić information content (AvgIpc) is 2.26. The van der Waals surface area contributed by atoms with Gasteiger partial charge in [-0.05, 0) is 25.5 Å². The number of benzene rings is 1. The standard InChI is InChI=1S/C11H16INO2S/c1-3-10(12)8-13-16(14,15)11-6-4-9(2)5-7-11/h4-7,10,13H,3,8H2,1-2H3. The van der Waals surface area contributed by atoms with Crippen molar-refractivity contribution in [2.24, 2.45) is 0 Å². The summed E-state index contributed by atoms with van der Waals surface area (Å²) in [6.07, 6.45) is 0.955. The molecule has 1 aromatic carbocycles. The van der Waals surface area contributed by atoms with Crippen LogP contribution in [0.2, 0.25) is 0 Å². The first-order valence-corrected chi connectivity index (χ1v) is 7.89. The second-order valence-corrected chi connectivity index (χ2v) is 7.20. The Bertz CT molecular complexity index is 428. The number of hydrogen-bond acceptors (Lipinski definition) is 2. The molecule has 0 amide bonds. The quantitative estimate of drug-likeness (QED) is 0.653. The molecule has 0 aliphatic rings. The monoisotopic (exact) mass is 353 g/mol. The van der Waals surface area contributed by atoms with E-state index in [2.05, 4.69) is 27.3 Å². The number of hydrogen-bond donors (Lipinski definition) is 1.